The lowest BCUT2D eigenvalue weighted by molar-refractivity contribution is -0.220. The van der Waals surface area contributed by atoms with Gasteiger partial charge in [0.05, 0.1) is 6.61 Å². The average molecular weight is 911 g/mol. The van der Waals surface area contributed by atoms with Crippen LogP contribution < -0.4 is 0 Å². The highest BCUT2D eigenvalue weighted by atomic mass is 31.2. The van der Waals surface area contributed by atoms with Crippen LogP contribution in [0.4, 0.5) is 0 Å². The quantitative estimate of drug-likeness (QED) is 0.0148. The van der Waals surface area contributed by atoms with E-state index in [0.717, 1.165) is 77.0 Å². The number of aliphatic hydroxyl groups is 5. The van der Waals surface area contributed by atoms with Gasteiger partial charge in [-0.3, -0.25) is 18.6 Å². The van der Waals surface area contributed by atoms with Gasteiger partial charge in [0, 0.05) is 12.8 Å². The zero-order valence-electron chi connectivity index (χ0n) is 38.3. The molecule has 0 aromatic carbocycles. The van der Waals surface area contributed by atoms with Gasteiger partial charge in [0.25, 0.3) is 0 Å². The van der Waals surface area contributed by atoms with Gasteiger partial charge >= 0.3 is 19.8 Å². The molecule has 1 aliphatic rings. The van der Waals surface area contributed by atoms with E-state index in [1.807, 2.05) is 0 Å². The standard InChI is InChI=1S/C49H83O13P/c1-3-5-7-9-11-13-15-17-19-20-21-22-24-26-28-30-32-34-36-38-43(51)61-41(40-60-63(57,58)62-49-47(55)45(53)44(52)46(54)48(49)56)39-59-42(50)37-35-33-31-29-27-25-23-18-16-14-12-10-8-6-4-2/h6,8,11-14,17-19,23,27,29,41,44-49,52-56H,3-5,7,9-10,15-16,20-22,24-26,28,30-40H2,1-2H3,(H,57,58)/b8-6-,13-11-,14-12-,19-17-,23-18-,29-27-/t41-,44?,45-,46?,47?,48?,49?/m1/s1. The molecule has 13 nitrogen and oxygen atoms in total. The molecular weight excluding hydrogens is 827 g/mol. The molecule has 0 aliphatic heterocycles. The van der Waals surface area contributed by atoms with Crippen molar-refractivity contribution in [2.75, 3.05) is 13.2 Å². The fraction of sp³-hybridized carbons (Fsp3) is 0.714. The molecule has 14 heteroatoms. The van der Waals surface area contributed by atoms with E-state index in [4.69, 9.17) is 18.5 Å². The number of hydrogen-bond acceptors (Lipinski definition) is 12. The van der Waals surface area contributed by atoms with Gasteiger partial charge in [-0.2, -0.15) is 0 Å². The van der Waals surface area contributed by atoms with E-state index in [2.05, 4.69) is 86.8 Å². The number of esters is 2. The Hall–Kier alpha value is -2.71. The highest BCUT2D eigenvalue weighted by molar-refractivity contribution is 7.47. The third-order valence-corrected chi connectivity index (χ3v) is 11.5. The van der Waals surface area contributed by atoms with Crippen molar-refractivity contribution < 1.29 is 63.1 Å². The average Bonchev–Trinajstić information content (AvgIpc) is 3.26. The molecule has 0 aromatic rings. The summed E-state index contributed by atoms with van der Waals surface area (Å²) in [5.41, 5.74) is 0. The second-order valence-corrected chi connectivity index (χ2v) is 17.6. The topological polar surface area (TPSA) is 210 Å². The fourth-order valence-corrected chi connectivity index (χ4v) is 7.69. The van der Waals surface area contributed by atoms with Gasteiger partial charge in [0.1, 0.15) is 43.2 Å². The molecule has 0 bridgehead atoms. The second-order valence-electron chi connectivity index (χ2n) is 16.2. The number of hydrogen-bond donors (Lipinski definition) is 6. The van der Waals surface area contributed by atoms with Crippen LogP contribution in [0.25, 0.3) is 0 Å². The van der Waals surface area contributed by atoms with Crippen LogP contribution in [-0.2, 0) is 32.7 Å². The van der Waals surface area contributed by atoms with Crippen molar-refractivity contribution in [3.8, 4) is 0 Å². The summed E-state index contributed by atoms with van der Waals surface area (Å²) in [5, 5.41) is 50.2. The molecule has 1 rings (SSSR count). The lowest BCUT2D eigenvalue weighted by Gasteiger charge is -2.41. The van der Waals surface area contributed by atoms with Crippen LogP contribution in [0.1, 0.15) is 168 Å². The number of phosphoric ester groups is 1. The summed E-state index contributed by atoms with van der Waals surface area (Å²) in [6, 6.07) is 0. The van der Waals surface area contributed by atoms with Crippen LogP contribution >= 0.6 is 7.82 Å². The predicted molar refractivity (Wildman–Crippen MR) is 249 cm³/mol. The highest BCUT2D eigenvalue weighted by Gasteiger charge is 2.51. The second kappa shape index (κ2) is 38.5. The van der Waals surface area contributed by atoms with Crippen molar-refractivity contribution >= 4 is 19.8 Å². The van der Waals surface area contributed by atoms with Crippen LogP contribution in [0, 0.1) is 0 Å². The van der Waals surface area contributed by atoms with Crippen molar-refractivity contribution in [2.45, 2.75) is 211 Å². The van der Waals surface area contributed by atoms with E-state index < -0.39 is 75.7 Å². The van der Waals surface area contributed by atoms with Gasteiger partial charge in [0.2, 0.25) is 0 Å². The number of aliphatic hydroxyl groups excluding tert-OH is 5. The Bertz CT molecular complexity index is 1380. The Morgan fingerprint density at radius 3 is 1.41 bits per heavy atom. The third kappa shape index (κ3) is 31.0. The summed E-state index contributed by atoms with van der Waals surface area (Å²) in [7, 11) is -5.13. The SMILES string of the molecule is CC/C=C\C/C=C\C/C=C\C/C=C\CCCCC(=O)OC[C@H](COP(=O)(O)OC1C(O)C(O)C(O)[C@@H](O)C1O)OC(=O)CCCCCCCCCCC/C=C\C/C=C\CCCCC. The number of phosphoric acid groups is 1. The van der Waals surface area contributed by atoms with Crippen LogP contribution in [0.2, 0.25) is 0 Å². The summed E-state index contributed by atoms with van der Waals surface area (Å²) in [6.07, 6.45) is 35.2. The van der Waals surface area contributed by atoms with Crippen LogP contribution in [0.5, 0.6) is 0 Å². The molecule has 0 spiro atoms. The molecule has 0 radical (unpaired) electrons. The number of ether oxygens (including phenoxy) is 2. The zero-order chi connectivity index (χ0) is 46.4. The smallest absolute Gasteiger partial charge is 0.462 e. The molecule has 362 valence electrons. The Labute approximate surface area is 378 Å². The highest BCUT2D eigenvalue weighted by Crippen LogP contribution is 2.47. The van der Waals surface area contributed by atoms with Gasteiger partial charge < -0.3 is 39.9 Å². The van der Waals surface area contributed by atoms with Gasteiger partial charge in [-0.05, 0) is 83.5 Å². The minimum absolute atomic E-state index is 0.0791. The minimum atomic E-state index is -5.13. The summed E-state index contributed by atoms with van der Waals surface area (Å²) in [4.78, 5) is 35.7. The fourth-order valence-electron chi connectivity index (χ4n) is 6.72. The maximum Gasteiger partial charge on any atom is 0.472 e. The molecule has 0 heterocycles. The number of allylic oxidation sites excluding steroid dienone is 12. The molecule has 6 unspecified atom stereocenters. The molecule has 0 aromatic heterocycles. The first-order valence-electron chi connectivity index (χ1n) is 23.7. The lowest BCUT2D eigenvalue weighted by Crippen LogP contribution is -2.64. The molecule has 63 heavy (non-hydrogen) atoms. The Morgan fingerprint density at radius 2 is 0.905 bits per heavy atom. The van der Waals surface area contributed by atoms with Crippen LogP contribution in [-0.4, -0.2) is 98.3 Å². The predicted octanol–water partition coefficient (Wildman–Crippen LogP) is 9.50. The van der Waals surface area contributed by atoms with Gasteiger partial charge in [-0.15, -0.1) is 0 Å². The number of carbonyl (C=O) groups is 2. The van der Waals surface area contributed by atoms with Crippen molar-refractivity contribution in [1.29, 1.82) is 0 Å². The number of rotatable bonds is 38. The van der Waals surface area contributed by atoms with E-state index in [9.17, 15) is 44.6 Å². The summed E-state index contributed by atoms with van der Waals surface area (Å²) in [6.45, 7) is 3.12. The summed E-state index contributed by atoms with van der Waals surface area (Å²) < 4.78 is 33.5. The molecule has 1 fully saturated rings. The maximum absolute atomic E-state index is 12.8. The monoisotopic (exact) mass is 911 g/mol. The van der Waals surface area contributed by atoms with E-state index in [1.54, 1.807) is 0 Å². The Balaban J connectivity index is 2.47. The Kier molecular flexibility index (Phi) is 35.7. The molecule has 0 saturated heterocycles. The zero-order valence-corrected chi connectivity index (χ0v) is 39.2. The molecule has 1 saturated carbocycles. The molecular formula is C49H83O13P. The van der Waals surface area contributed by atoms with Crippen molar-refractivity contribution in [2.24, 2.45) is 0 Å². The van der Waals surface area contributed by atoms with Crippen molar-refractivity contribution in [3.05, 3.63) is 72.9 Å². The molecule has 1 aliphatic carbocycles. The van der Waals surface area contributed by atoms with Crippen molar-refractivity contribution in [1.82, 2.24) is 0 Å². The molecule has 0 amide bonds. The lowest BCUT2D eigenvalue weighted by atomic mass is 9.85. The van der Waals surface area contributed by atoms with Crippen LogP contribution in [0.3, 0.4) is 0 Å². The van der Waals surface area contributed by atoms with Crippen molar-refractivity contribution in [3.63, 3.8) is 0 Å². The van der Waals surface area contributed by atoms with Gasteiger partial charge in [0.15, 0.2) is 6.10 Å². The van der Waals surface area contributed by atoms with E-state index in [0.29, 0.717) is 12.8 Å². The third-order valence-electron chi connectivity index (χ3n) is 10.5. The minimum Gasteiger partial charge on any atom is -0.462 e. The van der Waals surface area contributed by atoms with E-state index >= 15 is 0 Å². The normalized spacial score (nSPS) is 22.3. The summed E-state index contributed by atoms with van der Waals surface area (Å²) in [5.74, 6) is -1.16. The van der Waals surface area contributed by atoms with Crippen LogP contribution in [0.15, 0.2) is 72.9 Å². The van der Waals surface area contributed by atoms with Gasteiger partial charge in [-0.25, -0.2) is 4.57 Å². The number of unbranched alkanes of at least 4 members (excludes halogenated alkanes) is 14. The van der Waals surface area contributed by atoms with Gasteiger partial charge in [-0.1, -0.05) is 145 Å². The Morgan fingerprint density at radius 1 is 0.508 bits per heavy atom. The summed E-state index contributed by atoms with van der Waals surface area (Å²) >= 11 is 0. The first-order chi connectivity index (χ1) is 30.4. The largest absolute Gasteiger partial charge is 0.472 e. The molecule has 8 atom stereocenters. The maximum atomic E-state index is 12.8. The first-order valence-corrected chi connectivity index (χ1v) is 25.2. The van der Waals surface area contributed by atoms with E-state index in [-0.39, 0.29) is 12.8 Å². The number of carbonyl (C=O) groups excluding carboxylic acids is 2. The van der Waals surface area contributed by atoms with E-state index in [1.165, 1.54) is 51.4 Å². The first kappa shape index (κ1) is 58.3. The molecule has 6 N–H and O–H groups in total.